The van der Waals surface area contributed by atoms with Crippen LogP contribution in [0.1, 0.15) is 30.7 Å². The molecule has 1 aliphatic carbocycles. The van der Waals surface area contributed by atoms with Crippen LogP contribution in [0.4, 0.5) is 5.82 Å². The molecule has 3 aliphatic rings. The standard InChI is InChI=1S/C20H32N4O3/c1-23-6-4-15(5-7-23)22-19-16(12-17(25)20(19)26)14-2-3-18(21-13-14)24-8-10-27-11-9-24/h2-3,13,15-17,19-20,22,25-26H,4-12H2,1H3/t16-,17-,19-,20-/m1/s1. The van der Waals surface area contributed by atoms with Crippen LogP contribution in [0.15, 0.2) is 18.3 Å². The number of hydrogen-bond donors (Lipinski definition) is 3. The van der Waals surface area contributed by atoms with Gasteiger partial charge in [0.05, 0.1) is 25.4 Å². The van der Waals surface area contributed by atoms with Crippen molar-refractivity contribution in [2.24, 2.45) is 0 Å². The lowest BCUT2D eigenvalue weighted by atomic mass is 9.93. The Labute approximate surface area is 161 Å². The highest BCUT2D eigenvalue weighted by Crippen LogP contribution is 2.36. The molecule has 27 heavy (non-hydrogen) atoms. The van der Waals surface area contributed by atoms with Gasteiger partial charge in [-0.3, -0.25) is 0 Å². The number of hydrogen-bond acceptors (Lipinski definition) is 7. The van der Waals surface area contributed by atoms with Crippen LogP contribution in [-0.4, -0.2) is 90.8 Å². The quantitative estimate of drug-likeness (QED) is 0.692. The average Bonchev–Trinajstić information content (AvgIpc) is 2.99. The van der Waals surface area contributed by atoms with Crippen LogP contribution in [0.5, 0.6) is 0 Å². The number of morpholine rings is 1. The topological polar surface area (TPSA) is 81.1 Å². The van der Waals surface area contributed by atoms with Crippen molar-refractivity contribution in [3.8, 4) is 0 Å². The third-order valence-electron chi connectivity index (χ3n) is 6.37. The Morgan fingerprint density at radius 3 is 2.52 bits per heavy atom. The highest BCUT2D eigenvalue weighted by atomic mass is 16.5. The van der Waals surface area contributed by atoms with Gasteiger partial charge in [0.25, 0.3) is 0 Å². The Morgan fingerprint density at radius 2 is 1.85 bits per heavy atom. The Balaban J connectivity index is 1.45. The van der Waals surface area contributed by atoms with E-state index in [1.54, 1.807) is 0 Å². The second kappa shape index (κ2) is 8.41. The lowest BCUT2D eigenvalue weighted by molar-refractivity contribution is 0.0262. The highest BCUT2D eigenvalue weighted by Gasteiger charge is 2.43. The number of ether oxygens (including phenoxy) is 1. The van der Waals surface area contributed by atoms with Crippen LogP contribution in [-0.2, 0) is 4.74 Å². The molecule has 7 nitrogen and oxygen atoms in total. The first-order valence-electron chi connectivity index (χ1n) is 10.2. The first-order valence-corrected chi connectivity index (χ1v) is 10.2. The SMILES string of the molecule is CN1CCC(N[C@H]2[C@H](O)[C@H](O)C[C@@H]2c2ccc(N3CCOCC3)nc2)CC1. The summed E-state index contributed by atoms with van der Waals surface area (Å²) in [5, 5.41) is 24.5. The zero-order chi connectivity index (χ0) is 18.8. The van der Waals surface area contributed by atoms with Crippen LogP contribution in [0.2, 0.25) is 0 Å². The second-order valence-electron chi connectivity index (χ2n) is 8.22. The monoisotopic (exact) mass is 376 g/mol. The molecule has 7 heteroatoms. The Hall–Kier alpha value is -1.25. The number of anilines is 1. The molecular weight excluding hydrogens is 344 g/mol. The molecule has 3 N–H and O–H groups in total. The number of aliphatic hydroxyl groups excluding tert-OH is 2. The summed E-state index contributed by atoms with van der Waals surface area (Å²) in [6, 6.07) is 4.44. The van der Waals surface area contributed by atoms with Crippen LogP contribution < -0.4 is 10.2 Å². The smallest absolute Gasteiger partial charge is 0.128 e. The highest BCUT2D eigenvalue weighted by molar-refractivity contribution is 5.41. The zero-order valence-corrected chi connectivity index (χ0v) is 16.1. The number of pyridine rings is 1. The minimum Gasteiger partial charge on any atom is -0.390 e. The first kappa shape index (κ1) is 19.1. The zero-order valence-electron chi connectivity index (χ0n) is 16.1. The maximum absolute atomic E-state index is 10.6. The molecule has 0 bridgehead atoms. The largest absolute Gasteiger partial charge is 0.390 e. The van der Waals surface area contributed by atoms with Gasteiger partial charge in [0, 0.05) is 37.3 Å². The summed E-state index contributed by atoms with van der Waals surface area (Å²) < 4.78 is 5.41. The fourth-order valence-corrected chi connectivity index (χ4v) is 4.63. The molecule has 0 aromatic carbocycles. The lowest BCUT2D eigenvalue weighted by Gasteiger charge is -2.34. The van der Waals surface area contributed by atoms with Crippen molar-refractivity contribution in [3.63, 3.8) is 0 Å². The van der Waals surface area contributed by atoms with E-state index in [4.69, 9.17) is 4.74 Å². The maximum atomic E-state index is 10.6. The van der Waals surface area contributed by atoms with Gasteiger partial charge in [0.2, 0.25) is 0 Å². The summed E-state index contributed by atoms with van der Waals surface area (Å²) in [6.07, 6.45) is 3.24. The summed E-state index contributed by atoms with van der Waals surface area (Å²) in [4.78, 5) is 9.23. The third kappa shape index (κ3) is 4.27. The summed E-state index contributed by atoms with van der Waals surface area (Å²) in [7, 11) is 2.15. The minimum atomic E-state index is -0.728. The Bertz CT molecular complexity index is 600. The molecule has 150 valence electrons. The van der Waals surface area contributed by atoms with E-state index < -0.39 is 12.2 Å². The number of aromatic nitrogens is 1. The lowest BCUT2D eigenvalue weighted by Crippen LogP contribution is -2.50. The van der Waals surface area contributed by atoms with Gasteiger partial charge in [-0.05, 0) is 51.0 Å². The molecule has 0 unspecified atom stereocenters. The number of nitrogens with one attached hydrogen (secondary N) is 1. The van der Waals surface area contributed by atoms with E-state index in [-0.39, 0.29) is 12.0 Å². The number of aliphatic hydroxyl groups is 2. The molecule has 2 saturated heterocycles. The molecule has 1 saturated carbocycles. The van der Waals surface area contributed by atoms with Crippen molar-refractivity contribution in [2.75, 3.05) is 51.3 Å². The number of piperidine rings is 1. The molecule has 4 rings (SSSR count). The van der Waals surface area contributed by atoms with Crippen molar-refractivity contribution < 1.29 is 14.9 Å². The summed E-state index contributed by atoms with van der Waals surface area (Å²) in [5.74, 6) is 1.06. The molecule has 4 atom stereocenters. The van der Waals surface area contributed by atoms with Crippen LogP contribution in [0, 0.1) is 0 Å². The predicted octanol–water partition coefficient (Wildman–Crippen LogP) is 0.180. The van der Waals surface area contributed by atoms with E-state index in [1.807, 2.05) is 6.20 Å². The molecule has 0 radical (unpaired) electrons. The van der Waals surface area contributed by atoms with E-state index in [2.05, 4.69) is 39.3 Å². The third-order valence-corrected chi connectivity index (χ3v) is 6.37. The summed E-state index contributed by atoms with van der Waals surface area (Å²) in [5.41, 5.74) is 1.09. The molecule has 1 aromatic heterocycles. The van der Waals surface area contributed by atoms with E-state index in [0.717, 1.165) is 63.6 Å². The second-order valence-corrected chi connectivity index (χ2v) is 8.22. The van der Waals surface area contributed by atoms with Gasteiger partial charge >= 0.3 is 0 Å². The average molecular weight is 377 g/mol. The van der Waals surface area contributed by atoms with Crippen molar-refractivity contribution in [3.05, 3.63) is 23.9 Å². The minimum absolute atomic E-state index is 0.0842. The van der Waals surface area contributed by atoms with Crippen molar-refractivity contribution in [1.82, 2.24) is 15.2 Å². The predicted molar refractivity (Wildman–Crippen MR) is 104 cm³/mol. The maximum Gasteiger partial charge on any atom is 0.128 e. The van der Waals surface area contributed by atoms with E-state index >= 15 is 0 Å². The van der Waals surface area contributed by atoms with Gasteiger partial charge < -0.3 is 30.1 Å². The molecule has 3 fully saturated rings. The Kier molecular flexibility index (Phi) is 5.94. The number of likely N-dealkylation sites (tertiary alicyclic amines) is 1. The van der Waals surface area contributed by atoms with Crippen molar-refractivity contribution in [2.45, 2.75) is 49.5 Å². The van der Waals surface area contributed by atoms with Crippen LogP contribution >= 0.6 is 0 Å². The van der Waals surface area contributed by atoms with Gasteiger partial charge in [0.15, 0.2) is 0 Å². The van der Waals surface area contributed by atoms with Gasteiger partial charge in [0.1, 0.15) is 5.82 Å². The van der Waals surface area contributed by atoms with Crippen LogP contribution in [0.3, 0.4) is 0 Å². The number of nitrogens with zero attached hydrogens (tertiary/aromatic N) is 3. The summed E-state index contributed by atoms with van der Waals surface area (Å²) >= 11 is 0. The molecule has 3 heterocycles. The van der Waals surface area contributed by atoms with Crippen LogP contribution in [0.25, 0.3) is 0 Å². The normalized spacial score (nSPS) is 33.5. The van der Waals surface area contributed by atoms with Crippen molar-refractivity contribution in [1.29, 1.82) is 0 Å². The van der Waals surface area contributed by atoms with Gasteiger partial charge in [-0.25, -0.2) is 4.98 Å². The molecular formula is C20H32N4O3. The van der Waals surface area contributed by atoms with Gasteiger partial charge in [-0.1, -0.05) is 6.07 Å². The van der Waals surface area contributed by atoms with E-state index in [1.165, 1.54) is 0 Å². The van der Waals surface area contributed by atoms with Crippen molar-refractivity contribution >= 4 is 5.82 Å². The van der Waals surface area contributed by atoms with E-state index in [0.29, 0.717) is 12.5 Å². The van der Waals surface area contributed by atoms with Gasteiger partial charge in [-0.2, -0.15) is 0 Å². The summed E-state index contributed by atoms with van der Waals surface area (Å²) in [6.45, 7) is 5.37. The Morgan fingerprint density at radius 1 is 1.11 bits per heavy atom. The van der Waals surface area contributed by atoms with Gasteiger partial charge in [-0.15, -0.1) is 0 Å². The molecule has 1 aromatic rings. The first-order chi connectivity index (χ1) is 13.1. The fourth-order valence-electron chi connectivity index (χ4n) is 4.63. The van der Waals surface area contributed by atoms with E-state index in [9.17, 15) is 10.2 Å². The molecule has 0 spiro atoms. The molecule has 0 amide bonds. The fraction of sp³-hybridized carbons (Fsp3) is 0.750. The number of rotatable bonds is 4. The molecule has 2 aliphatic heterocycles.